The molecule has 7 nitrogen and oxygen atoms in total. The monoisotopic (exact) mass is 265 g/mol. The molecule has 1 aromatic rings. The summed E-state index contributed by atoms with van der Waals surface area (Å²) in [4.78, 5) is 33.5. The maximum Gasteiger partial charge on any atom is 0.330 e. The number of carboxylic acid groups (broad SMARTS) is 1. The largest absolute Gasteiger partial charge is 0.479 e. The van der Waals surface area contributed by atoms with Gasteiger partial charge in [0.15, 0.2) is 6.04 Å². The van der Waals surface area contributed by atoms with Crippen LogP contribution in [0, 0.1) is 0 Å². The summed E-state index contributed by atoms with van der Waals surface area (Å²) in [6, 6.07) is 5.31. The number of carbonyl (C=O) groups excluding carboxylic acids is 2. The van der Waals surface area contributed by atoms with E-state index in [1.54, 1.807) is 30.3 Å². The number of rotatable bonds is 5. The Balaban J connectivity index is 2.78. The molecule has 0 fully saturated rings. The summed E-state index contributed by atoms with van der Waals surface area (Å²) in [5.74, 6) is -1.82. The Hall–Kier alpha value is -2.57. The van der Waals surface area contributed by atoms with Gasteiger partial charge >= 0.3 is 12.0 Å². The van der Waals surface area contributed by atoms with Gasteiger partial charge in [-0.3, -0.25) is 4.79 Å². The number of hydrogen-bond donors (Lipinski definition) is 4. The van der Waals surface area contributed by atoms with E-state index in [0.717, 1.165) is 0 Å². The number of aliphatic carboxylic acids is 1. The van der Waals surface area contributed by atoms with Crippen LogP contribution < -0.4 is 16.4 Å². The number of nitrogens with two attached hydrogens (primary N) is 1. The quantitative estimate of drug-likeness (QED) is 0.598. The number of carboxylic acids is 1. The molecule has 7 heteroatoms. The van der Waals surface area contributed by atoms with Gasteiger partial charge in [-0.25, -0.2) is 9.59 Å². The van der Waals surface area contributed by atoms with Gasteiger partial charge in [0.05, 0.1) is 0 Å². The van der Waals surface area contributed by atoms with E-state index in [2.05, 4.69) is 10.6 Å². The first-order chi connectivity index (χ1) is 8.91. The van der Waals surface area contributed by atoms with Crippen LogP contribution >= 0.6 is 0 Å². The third kappa shape index (κ3) is 4.30. The van der Waals surface area contributed by atoms with Crippen molar-refractivity contribution in [2.45, 2.75) is 19.0 Å². The Morgan fingerprint density at radius 3 is 2.21 bits per heavy atom. The fraction of sp³-hybridized carbons (Fsp3) is 0.250. The lowest BCUT2D eigenvalue weighted by molar-refractivity contribution is -0.142. The van der Waals surface area contributed by atoms with Gasteiger partial charge in [-0.2, -0.15) is 0 Å². The molecule has 2 atom stereocenters. The summed E-state index contributed by atoms with van der Waals surface area (Å²) >= 11 is 0. The minimum absolute atomic E-state index is 0.439. The molecule has 0 saturated heterocycles. The molecule has 0 aliphatic heterocycles. The molecule has 5 N–H and O–H groups in total. The first kappa shape index (κ1) is 14.5. The van der Waals surface area contributed by atoms with E-state index in [1.807, 2.05) is 0 Å². The maximum atomic E-state index is 11.7. The molecule has 1 aromatic carbocycles. The molecule has 0 aliphatic rings. The fourth-order valence-electron chi connectivity index (χ4n) is 1.48. The van der Waals surface area contributed by atoms with Crippen LogP contribution in [0.25, 0.3) is 0 Å². The molecular weight excluding hydrogens is 250 g/mol. The minimum Gasteiger partial charge on any atom is -0.479 e. The van der Waals surface area contributed by atoms with Crippen molar-refractivity contribution in [2.24, 2.45) is 5.73 Å². The normalized spacial score (nSPS) is 13.1. The summed E-state index contributed by atoms with van der Waals surface area (Å²) in [5, 5.41) is 13.6. The standard InChI is InChI=1S/C12H15N3O4/c1-7(14-12(13)19)10(16)15-9(11(17)18)8-5-3-2-4-6-8/h2-7,9H,1H3,(H,15,16)(H,17,18)(H3,13,14,19)/t7?,9-/m1/s1. The predicted octanol–water partition coefficient (Wildman–Crippen LogP) is -0.0147. The average Bonchev–Trinajstić information content (AvgIpc) is 2.35. The number of carbonyl (C=O) groups is 3. The van der Waals surface area contributed by atoms with Gasteiger partial charge in [-0.15, -0.1) is 0 Å². The zero-order valence-electron chi connectivity index (χ0n) is 10.3. The van der Waals surface area contributed by atoms with E-state index in [1.165, 1.54) is 6.92 Å². The highest BCUT2D eigenvalue weighted by Crippen LogP contribution is 2.12. The van der Waals surface area contributed by atoms with Crippen LogP contribution in [0.2, 0.25) is 0 Å². The molecule has 19 heavy (non-hydrogen) atoms. The van der Waals surface area contributed by atoms with E-state index in [0.29, 0.717) is 5.56 Å². The lowest BCUT2D eigenvalue weighted by Gasteiger charge is -2.18. The highest BCUT2D eigenvalue weighted by molar-refractivity contribution is 5.89. The van der Waals surface area contributed by atoms with Crippen LogP contribution in [0.4, 0.5) is 4.79 Å². The van der Waals surface area contributed by atoms with Crippen LogP contribution in [0.5, 0.6) is 0 Å². The molecule has 1 unspecified atom stereocenters. The summed E-state index contributed by atoms with van der Waals surface area (Å²) in [6.07, 6.45) is 0. The Bertz CT molecular complexity index is 475. The molecular formula is C12H15N3O4. The zero-order valence-corrected chi connectivity index (χ0v) is 10.3. The van der Waals surface area contributed by atoms with Crippen LogP contribution in [-0.4, -0.2) is 29.1 Å². The van der Waals surface area contributed by atoms with Crippen LogP contribution in [0.3, 0.4) is 0 Å². The van der Waals surface area contributed by atoms with E-state index in [-0.39, 0.29) is 0 Å². The lowest BCUT2D eigenvalue weighted by atomic mass is 10.1. The molecule has 0 aromatic heterocycles. The van der Waals surface area contributed by atoms with Crippen LogP contribution in [-0.2, 0) is 9.59 Å². The number of nitrogens with one attached hydrogen (secondary N) is 2. The van der Waals surface area contributed by atoms with Crippen molar-refractivity contribution in [1.82, 2.24) is 10.6 Å². The van der Waals surface area contributed by atoms with E-state index in [9.17, 15) is 14.4 Å². The number of hydrogen-bond acceptors (Lipinski definition) is 3. The Morgan fingerprint density at radius 2 is 1.74 bits per heavy atom. The molecule has 0 spiro atoms. The molecule has 0 radical (unpaired) electrons. The van der Waals surface area contributed by atoms with Crippen molar-refractivity contribution in [3.8, 4) is 0 Å². The Kier molecular flexibility index (Phi) is 4.87. The topological polar surface area (TPSA) is 122 Å². The minimum atomic E-state index is -1.19. The fourth-order valence-corrected chi connectivity index (χ4v) is 1.48. The molecule has 0 saturated carbocycles. The van der Waals surface area contributed by atoms with Gasteiger partial charge in [-0.05, 0) is 12.5 Å². The van der Waals surface area contributed by atoms with Crippen molar-refractivity contribution in [1.29, 1.82) is 0 Å². The predicted molar refractivity (Wildman–Crippen MR) is 67.1 cm³/mol. The lowest BCUT2D eigenvalue weighted by Crippen LogP contribution is -2.48. The van der Waals surface area contributed by atoms with Crippen LogP contribution in [0.1, 0.15) is 18.5 Å². The van der Waals surface area contributed by atoms with Gasteiger partial charge < -0.3 is 21.5 Å². The van der Waals surface area contributed by atoms with E-state index >= 15 is 0 Å². The Labute approximate surface area is 109 Å². The Morgan fingerprint density at radius 1 is 1.16 bits per heavy atom. The second-order valence-corrected chi connectivity index (χ2v) is 3.92. The van der Waals surface area contributed by atoms with Crippen molar-refractivity contribution in [3.05, 3.63) is 35.9 Å². The number of primary amides is 1. The van der Waals surface area contributed by atoms with Gasteiger partial charge in [-0.1, -0.05) is 30.3 Å². The second kappa shape index (κ2) is 6.39. The van der Waals surface area contributed by atoms with E-state index in [4.69, 9.17) is 10.8 Å². The third-order valence-electron chi connectivity index (χ3n) is 2.42. The highest BCUT2D eigenvalue weighted by atomic mass is 16.4. The molecule has 3 amide bonds. The molecule has 1 rings (SSSR count). The summed E-state index contributed by atoms with van der Waals surface area (Å²) in [6.45, 7) is 1.41. The van der Waals surface area contributed by atoms with Crippen molar-refractivity contribution < 1.29 is 19.5 Å². The SMILES string of the molecule is CC(NC(N)=O)C(=O)N[C@@H](C(=O)O)c1ccccc1. The molecule has 0 heterocycles. The van der Waals surface area contributed by atoms with Gasteiger partial charge in [0, 0.05) is 0 Å². The zero-order chi connectivity index (χ0) is 14.4. The van der Waals surface area contributed by atoms with Gasteiger partial charge in [0.25, 0.3) is 0 Å². The van der Waals surface area contributed by atoms with Gasteiger partial charge in [0.2, 0.25) is 5.91 Å². The van der Waals surface area contributed by atoms with Gasteiger partial charge in [0.1, 0.15) is 6.04 Å². The summed E-state index contributed by atoms with van der Waals surface area (Å²) in [5.41, 5.74) is 5.33. The average molecular weight is 265 g/mol. The van der Waals surface area contributed by atoms with E-state index < -0.39 is 30.0 Å². The number of benzene rings is 1. The summed E-state index contributed by atoms with van der Waals surface area (Å²) in [7, 11) is 0. The first-order valence-corrected chi connectivity index (χ1v) is 5.56. The highest BCUT2D eigenvalue weighted by Gasteiger charge is 2.24. The van der Waals surface area contributed by atoms with Crippen molar-refractivity contribution >= 4 is 17.9 Å². The number of urea groups is 1. The number of amides is 3. The third-order valence-corrected chi connectivity index (χ3v) is 2.42. The smallest absolute Gasteiger partial charge is 0.330 e. The van der Waals surface area contributed by atoms with Crippen molar-refractivity contribution in [2.75, 3.05) is 0 Å². The van der Waals surface area contributed by atoms with Crippen molar-refractivity contribution in [3.63, 3.8) is 0 Å². The molecule has 102 valence electrons. The van der Waals surface area contributed by atoms with Crippen LogP contribution in [0.15, 0.2) is 30.3 Å². The molecule has 0 bridgehead atoms. The maximum absolute atomic E-state index is 11.7. The second-order valence-electron chi connectivity index (χ2n) is 3.92. The summed E-state index contributed by atoms with van der Waals surface area (Å²) < 4.78 is 0. The first-order valence-electron chi connectivity index (χ1n) is 5.56. The molecule has 0 aliphatic carbocycles.